The molecule has 148 valence electrons. The molecule has 0 aromatic rings. The topological polar surface area (TPSA) is 68.2 Å². The number of carbonyl (C=O) groups is 1. The molecule has 0 radical (unpaired) electrons. The van der Waals surface area contributed by atoms with Crippen LogP contribution in [0.3, 0.4) is 0 Å². The zero-order valence-corrected chi connectivity index (χ0v) is 20.0. The fraction of sp³-hybridized carbons (Fsp3) is 0.941. The van der Waals surface area contributed by atoms with E-state index in [0.717, 1.165) is 6.42 Å². The first-order valence-electron chi connectivity index (χ1n) is 9.28. The van der Waals surface area contributed by atoms with Crippen LogP contribution < -0.4 is 0 Å². The minimum Gasteiger partial charge on any atom is -0.444 e. The van der Waals surface area contributed by atoms with Gasteiger partial charge in [0, 0.05) is 12.0 Å². The average Bonchev–Trinajstić information content (AvgIpc) is 2.84. The molecule has 8 heteroatoms. The second-order valence-electron chi connectivity index (χ2n) is 8.55. The maximum Gasteiger partial charge on any atom is 0.410 e. The maximum atomic E-state index is 12.7. The van der Waals surface area contributed by atoms with Crippen molar-refractivity contribution in [3.8, 4) is 0 Å². The lowest BCUT2D eigenvalue weighted by Crippen LogP contribution is -2.57. The van der Waals surface area contributed by atoms with Crippen molar-refractivity contribution in [1.29, 1.82) is 0 Å². The van der Waals surface area contributed by atoms with Gasteiger partial charge in [0.2, 0.25) is 0 Å². The number of ether oxygens (including phenoxy) is 1. The van der Waals surface area contributed by atoms with E-state index in [1.54, 1.807) is 4.90 Å². The number of nitrogens with zero attached hydrogens (tertiary/aromatic N) is 1. The number of aliphatic hydroxyl groups is 1. The molecule has 0 aromatic heterocycles. The molecule has 1 amide bonds. The van der Waals surface area contributed by atoms with Gasteiger partial charge in [-0.1, -0.05) is 26.9 Å². The Balaban J connectivity index is 3.10. The lowest BCUT2D eigenvalue weighted by atomic mass is 9.68. The van der Waals surface area contributed by atoms with E-state index in [9.17, 15) is 9.90 Å². The van der Waals surface area contributed by atoms with Gasteiger partial charge in [0.1, 0.15) is 11.9 Å². The average molecular weight is 392 g/mol. The molecule has 0 spiro atoms. The summed E-state index contributed by atoms with van der Waals surface area (Å²) in [5, 5.41) is 10.2. The number of hydrogen-bond donors (Lipinski definition) is 1. The Bertz CT molecular complexity index is 449. The number of hydrogen-bond acceptors (Lipinski definition) is 5. The molecule has 1 rings (SSSR count). The van der Waals surface area contributed by atoms with Crippen LogP contribution >= 0.6 is 0 Å². The van der Waals surface area contributed by atoms with Gasteiger partial charge in [-0.3, -0.25) is 0 Å². The van der Waals surface area contributed by atoms with Gasteiger partial charge in [-0.2, -0.15) is 0 Å². The molecule has 2 unspecified atom stereocenters. The van der Waals surface area contributed by atoms with E-state index < -0.39 is 30.7 Å². The summed E-state index contributed by atoms with van der Waals surface area (Å²) in [6, 6.07) is 0. The molecule has 25 heavy (non-hydrogen) atoms. The first kappa shape index (κ1) is 22.6. The van der Waals surface area contributed by atoms with Crippen LogP contribution in [-0.2, 0) is 13.6 Å². The molecule has 1 aliphatic heterocycles. The normalized spacial score (nSPS) is 26.9. The van der Waals surface area contributed by atoms with Crippen molar-refractivity contribution < 1.29 is 23.5 Å². The van der Waals surface area contributed by atoms with Gasteiger partial charge < -0.3 is 23.6 Å². The first-order chi connectivity index (χ1) is 11.4. The van der Waals surface area contributed by atoms with Crippen molar-refractivity contribution in [3.05, 3.63) is 0 Å². The third kappa shape index (κ3) is 5.06. The molecular formula is C17H37NO5Si2. The van der Waals surface area contributed by atoms with E-state index in [1.165, 1.54) is 0 Å². The number of rotatable bonds is 7. The van der Waals surface area contributed by atoms with Crippen molar-refractivity contribution >= 4 is 25.6 Å². The van der Waals surface area contributed by atoms with Crippen LogP contribution in [0.15, 0.2) is 0 Å². The second-order valence-corrected chi connectivity index (χ2v) is 10.4. The molecule has 0 bridgehead atoms. The summed E-state index contributed by atoms with van der Waals surface area (Å²) in [5.41, 5.74) is -1.56. The Kier molecular flexibility index (Phi) is 7.71. The summed E-state index contributed by atoms with van der Waals surface area (Å²) in [4.78, 5) is 14.4. The zero-order valence-electron chi connectivity index (χ0n) is 17.2. The van der Waals surface area contributed by atoms with E-state index in [0.29, 0.717) is 6.54 Å². The fourth-order valence-corrected chi connectivity index (χ4v) is 5.79. The van der Waals surface area contributed by atoms with Gasteiger partial charge in [0.15, 0.2) is 19.5 Å². The molecule has 6 nitrogen and oxygen atoms in total. The van der Waals surface area contributed by atoms with Crippen LogP contribution in [0.4, 0.5) is 4.79 Å². The van der Waals surface area contributed by atoms with Gasteiger partial charge in [-0.05, 0) is 40.0 Å². The van der Waals surface area contributed by atoms with Crippen molar-refractivity contribution in [2.75, 3.05) is 13.2 Å². The Hall–Kier alpha value is -0.416. The molecule has 0 aromatic carbocycles. The van der Waals surface area contributed by atoms with E-state index in [4.69, 9.17) is 13.6 Å². The van der Waals surface area contributed by atoms with Crippen LogP contribution in [0.1, 0.15) is 48.0 Å². The highest BCUT2D eigenvalue weighted by molar-refractivity contribution is 6.26. The summed E-state index contributed by atoms with van der Waals surface area (Å²) in [7, 11) is -1.25. The quantitative estimate of drug-likeness (QED) is 0.528. The number of aliphatic hydroxyl groups excluding tert-OH is 1. The molecule has 0 saturated carbocycles. The third-order valence-electron chi connectivity index (χ3n) is 5.08. The summed E-state index contributed by atoms with van der Waals surface area (Å²) >= 11 is 0. The van der Waals surface area contributed by atoms with E-state index in [1.807, 2.05) is 27.7 Å². The molecule has 0 aliphatic carbocycles. The predicted molar refractivity (Wildman–Crippen MR) is 105 cm³/mol. The molecule has 1 N–H and O–H groups in total. The molecule has 1 fully saturated rings. The third-order valence-corrected chi connectivity index (χ3v) is 6.36. The SMILES string of the molecule is C[SiH2]OC(O[SiH2]C)C(C)(C)C1CCN(C(=O)OC(C)(C)C)C1(C)CO. The molecule has 2 atom stereocenters. The van der Waals surface area contributed by atoms with E-state index >= 15 is 0 Å². The smallest absolute Gasteiger partial charge is 0.410 e. The Morgan fingerprint density at radius 1 is 1.24 bits per heavy atom. The number of carbonyl (C=O) groups excluding carboxylic acids is 1. The first-order valence-corrected chi connectivity index (χ1v) is 13.3. The van der Waals surface area contributed by atoms with Gasteiger partial charge >= 0.3 is 6.09 Å². The summed E-state index contributed by atoms with van der Waals surface area (Å²) in [5.74, 6) is 0.0589. The highest BCUT2D eigenvalue weighted by Crippen LogP contribution is 2.48. The largest absolute Gasteiger partial charge is 0.444 e. The minimum absolute atomic E-state index is 0.0589. The minimum atomic E-state index is -0.693. The van der Waals surface area contributed by atoms with E-state index in [-0.39, 0.29) is 30.3 Å². The van der Waals surface area contributed by atoms with Crippen LogP contribution in [0.25, 0.3) is 0 Å². The Labute approximate surface area is 157 Å². The lowest BCUT2D eigenvalue weighted by molar-refractivity contribution is -0.126. The lowest BCUT2D eigenvalue weighted by Gasteiger charge is -2.47. The van der Waals surface area contributed by atoms with Gasteiger partial charge in [0.05, 0.1) is 12.1 Å². The van der Waals surface area contributed by atoms with Gasteiger partial charge in [-0.25, -0.2) is 4.79 Å². The fourth-order valence-electron chi connectivity index (χ4n) is 3.94. The van der Waals surface area contributed by atoms with E-state index in [2.05, 4.69) is 26.9 Å². The van der Waals surface area contributed by atoms with Gasteiger partial charge in [0.25, 0.3) is 0 Å². The molecular weight excluding hydrogens is 354 g/mol. The van der Waals surface area contributed by atoms with Crippen molar-refractivity contribution in [3.63, 3.8) is 0 Å². The van der Waals surface area contributed by atoms with Crippen LogP contribution in [-0.4, -0.2) is 66.2 Å². The predicted octanol–water partition coefficient (Wildman–Crippen LogP) is 1.64. The maximum absolute atomic E-state index is 12.7. The Morgan fingerprint density at radius 3 is 2.16 bits per heavy atom. The second kappa shape index (κ2) is 8.52. The highest BCUT2D eigenvalue weighted by atomic mass is 28.2. The monoisotopic (exact) mass is 391 g/mol. The zero-order chi connectivity index (χ0) is 19.5. The van der Waals surface area contributed by atoms with Crippen molar-refractivity contribution in [2.24, 2.45) is 11.3 Å². The van der Waals surface area contributed by atoms with Crippen molar-refractivity contribution in [2.45, 2.75) is 78.5 Å². The van der Waals surface area contributed by atoms with Crippen LogP contribution in [0.5, 0.6) is 0 Å². The van der Waals surface area contributed by atoms with Crippen molar-refractivity contribution in [1.82, 2.24) is 4.90 Å². The highest BCUT2D eigenvalue weighted by Gasteiger charge is 2.56. The standard InChI is InChI=1S/C17H37NO5Si2/c1-15(2,3)21-14(20)18-10-9-12(17(18,6)11-19)16(4,5)13(22-24-7)23-25-8/h12-13,19H,9-11,24-25H2,1-8H3. The summed E-state index contributed by atoms with van der Waals surface area (Å²) < 4.78 is 17.6. The molecule has 1 aliphatic rings. The molecule has 1 saturated heterocycles. The number of amides is 1. The van der Waals surface area contributed by atoms with Crippen LogP contribution in [0.2, 0.25) is 13.1 Å². The number of likely N-dealkylation sites (tertiary alicyclic amines) is 1. The Morgan fingerprint density at radius 2 is 1.76 bits per heavy atom. The van der Waals surface area contributed by atoms with Gasteiger partial charge in [-0.15, -0.1) is 0 Å². The molecule has 1 heterocycles. The summed E-state index contributed by atoms with van der Waals surface area (Å²) in [6.45, 7) is 16.4. The van der Waals surface area contributed by atoms with Crippen LogP contribution in [0, 0.1) is 11.3 Å². The summed E-state index contributed by atoms with van der Waals surface area (Å²) in [6.07, 6.45) is 0.161.